The van der Waals surface area contributed by atoms with Crippen LogP contribution in [0.3, 0.4) is 0 Å². The molecule has 0 aliphatic carbocycles. The number of aliphatic hydroxyl groups excluding tert-OH is 2. The van der Waals surface area contributed by atoms with Crippen molar-refractivity contribution in [3.63, 3.8) is 0 Å². The normalized spacial score (nSPS) is 22.3. The van der Waals surface area contributed by atoms with Crippen LogP contribution in [0.2, 0.25) is 0 Å². The van der Waals surface area contributed by atoms with Gasteiger partial charge in [-0.05, 0) is 53.7 Å². The molecule has 57 heavy (non-hydrogen) atoms. The first-order chi connectivity index (χ1) is 26.2. The van der Waals surface area contributed by atoms with E-state index in [4.69, 9.17) is 36.6 Å². The fourth-order valence-electron chi connectivity index (χ4n) is 4.93. The van der Waals surface area contributed by atoms with Crippen LogP contribution in [0.4, 0.5) is 0 Å². The number of carbonyl (C=O) groups excluding carboxylic acids is 2. The van der Waals surface area contributed by atoms with Gasteiger partial charge in [0, 0.05) is 29.5 Å². The molecule has 0 bridgehead atoms. The molecule has 3 N–H and O–H groups in total. The summed E-state index contributed by atoms with van der Waals surface area (Å²) >= 11 is 0. The van der Waals surface area contributed by atoms with Crippen molar-refractivity contribution in [1.29, 1.82) is 0 Å². The number of esters is 2. The standard InChI is InChI=1S/C35H51N3O17P2/c1-19(2)29(50-31(42)34(5,6)7)53-57(47,54-30(20(3)4)51-32(43)35(8,9)10)55-56(45,46)48-18-24-26(40)27(41)28(49-24)37-16-15-25(39)38(33(37)44)17-22-21-13-11-12-14-23(21)52-36-22/h11-16,19-20,24,26-30,40-41H,17-18H2,1-10H3,(H,45,46)/t24-,26+,27+,28-,29?,30?,57?/m1/s1. The van der Waals surface area contributed by atoms with E-state index in [0.29, 0.717) is 11.0 Å². The van der Waals surface area contributed by atoms with E-state index in [1.807, 2.05) is 0 Å². The summed E-state index contributed by atoms with van der Waals surface area (Å²) in [6.07, 6.45) is -9.26. The van der Waals surface area contributed by atoms with Crippen LogP contribution in [0.1, 0.15) is 81.2 Å². The Morgan fingerprint density at radius 1 is 0.877 bits per heavy atom. The van der Waals surface area contributed by atoms with Crippen LogP contribution in [-0.2, 0) is 57.4 Å². The molecule has 7 atom stereocenters. The molecule has 0 spiro atoms. The van der Waals surface area contributed by atoms with Gasteiger partial charge in [0.25, 0.3) is 5.56 Å². The number of hydrogen-bond acceptors (Lipinski definition) is 17. The second-order valence-corrected chi connectivity index (χ2v) is 19.3. The molecular formula is C35H51N3O17P2. The number of fused-ring (bicyclic) bond motifs is 1. The van der Waals surface area contributed by atoms with Gasteiger partial charge >= 0.3 is 33.3 Å². The van der Waals surface area contributed by atoms with E-state index in [0.717, 1.165) is 21.4 Å². The summed E-state index contributed by atoms with van der Waals surface area (Å²) < 4.78 is 72.1. The van der Waals surface area contributed by atoms with Gasteiger partial charge in [0.15, 0.2) is 11.8 Å². The van der Waals surface area contributed by atoms with E-state index in [-0.39, 0.29) is 12.2 Å². The summed E-state index contributed by atoms with van der Waals surface area (Å²) in [5, 5.41) is 26.2. The van der Waals surface area contributed by atoms with Crippen LogP contribution in [0.5, 0.6) is 0 Å². The van der Waals surface area contributed by atoms with Crippen molar-refractivity contribution in [1.82, 2.24) is 14.3 Å². The summed E-state index contributed by atoms with van der Waals surface area (Å²) in [6, 6.07) is 7.80. The molecule has 1 aliphatic heterocycles. The lowest BCUT2D eigenvalue weighted by molar-refractivity contribution is -0.191. The lowest BCUT2D eigenvalue weighted by Crippen LogP contribution is -2.43. The zero-order valence-electron chi connectivity index (χ0n) is 33.3. The van der Waals surface area contributed by atoms with E-state index in [1.165, 1.54) is 27.7 Å². The van der Waals surface area contributed by atoms with Crippen molar-refractivity contribution >= 4 is 38.6 Å². The molecule has 22 heteroatoms. The van der Waals surface area contributed by atoms with Gasteiger partial charge in [0.05, 0.1) is 24.0 Å². The lowest BCUT2D eigenvalue weighted by atomic mass is 9.97. The highest BCUT2D eigenvalue weighted by atomic mass is 31.3. The van der Waals surface area contributed by atoms with Gasteiger partial charge < -0.3 is 33.8 Å². The van der Waals surface area contributed by atoms with Crippen molar-refractivity contribution in [2.24, 2.45) is 22.7 Å². The molecule has 3 unspecified atom stereocenters. The zero-order valence-corrected chi connectivity index (χ0v) is 35.1. The minimum absolute atomic E-state index is 0.268. The van der Waals surface area contributed by atoms with Gasteiger partial charge in [0.1, 0.15) is 24.0 Å². The number of phosphoric ester groups is 2. The van der Waals surface area contributed by atoms with Gasteiger partial charge in [-0.25, -0.2) is 23.0 Å². The average Bonchev–Trinajstić information content (AvgIpc) is 3.63. The molecule has 0 amide bonds. The molecule has 3 aromatic rings. The minimum Gasteiger partial charge on any atom is -0.434 e. The number of ether oxygens (including phenoxy) is 3. The third kappa shape index (κ3) is 11.6. The number of benzene rings is 1. The predicted octanol–water partition coefficient (Wildman–Crippen LogP) is 4.24. The first kappa shape index (κ1) is 46.1. The summed E-state index contributed by atoms with van der Waals surface area (Å²) in [6.45, 7) is 14.0. The second-order valence-electron chi connectivity index (χ2n) is 16.1. The SMILES string of the molecule is CC(C)C(OC(=O)C(C)(C)C)OP(=O)(OC(OC(=O)C(C)(C)C)C(C)C)OP(=O)(O)OC[C@H]1O[C@@H](n2ccc(=O)n(Cc3noc4ccccc34)c2=O)[C@@H](O)[C@H]1O. The van der Waals surface area contributed by atoms with Crippen molar-refractivity contribution in [3.8, 4) is 0 Å². The summed E-state index contributed by atoms with van der Waals surface area (Å²) in [5.41, 5.74) is -3.10. The summed E-state index contributed by atoms with van der Waals surface area (Å²) in [4.78, 5) is 62.7. The van der Waals surface area contributed by atoms with Crippen LogP contribution in [0.25, 0.3) is 11.0 Å². The highest BCUT2D eigenvalue weighted by Gasteiger charge is 2.49. The van der Waals surface area contributed by atoms with Crippen molar-refractivity contribution in [3.05, 3.63) is 63.1 Å². The first-order valence-electron chi connectivity index (χ1n) is 18.0. The lowest BCUT2D eigenvalue weighted by Gasteiger charge is -2.32. The number of phosphoric acid groups is 2. The van der Waals surface area contributed by atoms with Crippen LogP contribution in [0.15, 0.2) is 50.6 Å². The Morgan fingerprint density at radius 3 is 1.95 bits per heavy atom. The maximum absolute atomic E-state index is 14.3. The Bertz CT molecular complexity index is 2070. The number of hydrogen-bond donors (Lipinski definition) is 3. The van der Waals surface area contributed by atoms with Gasteiger partial charge in [0.2, 0.25) is 12.6 Å². The molecule has 1 aromatic carbocycles. The fourth-order valence-corrected chi connectivity index (χ4v) is 7.90. The van der Waals surface area contributed by atoms with Crippen molar-refractivity contribution < 1.29 is 70.4 Å². The zero-order chi connectivity index (χ0) is 42.8. The molecule has 1 aliphatic rings. The topological polar surface area (TPSA) is 264 Å². The van der Waals surface area contributed by atoms with Crippen LogP contribution >= 0.6 is 15.6 Å². The third-order valence-corrected chi connectivity index (χ3v) is 11.3. The van der Waals surface area contributed by atoms with Gasteiger partial charge in [-0.3, -0.25) is 28.0 Å². The molecule has 4 rings (SSSR count). The van der Waals surface area contributed by atoms with Crippen LogP contribution < -0.4 is 11.2 Å². The third-order valence-electron chi connectivity index (χ3n) is 8.30. The number of rotatable bonds is 16. The first-order valence-corrected chi connectivity index (χ1v) is 20.9. The molecule has 3 heterocycles. The number of nitrogens with zero attached hydrogens (tertiary/aromatic N) is 3. The van der Waals surface area contributed by atoms with Crippen LogP contribution in [0, 0.1) is 22.7 Å². The second kappa shape index (κ2) is 17.7. The number of para-hydroxylation sites is 1. The largest absolute Gasteiger partial charge is 0.490 e. The molecule has 20 nitrogen and oxygen atoms in total. The number of aliphatic hydroxyl groups is 2. The molecule has 318 valence electrons. The number of aromatic nitrogens is 3. The van der Waals surface area contributed by atoms with Gasteiger partial charge in [-0.15, -0.1) is 0 Å². The quantitative estimate of drug-likeness (QED) is 0.103. The molecule has 1 fully saturated rings. The Labute approximate surface area is 328 Å². The Kier molecular flexibility index (Phi) is 14.4. The Morgan fingerprint density at radius 2 is 1.42 bits per heavy atom. The summed E-state index contributed by atoms with van der Waals surface area (Å²) in [5.74, 6) is -3.06. The molecule has 0 saturated carbocycles. The molecular weight excluding hydrogens is 796 g/mol. The van der Waals surface area contributed by atoms with Gasteiger partial charge in [-0.1, -0.05) is 45.0 Å². The van der Waals surface area contributed by atoms with E-state index in [1.54, 1.807) is 65.8 Å². The van der Waals surface area contributed by atoms with E-state index < -0.39 is 105 Å². The highest BCUT2D eigenvalue weighted by Crippen LogP contribution is 2.65. The molecule has 1 saturated heterocycles. The van der Waals surface area contributed by atoms with E-state index in [2.05, 4.69) is 5.16 Å². The molecule has 0 radical (unpaired) electrons. The van der Waals surface area contributed by atoms with E-state index in [9.17, 15) is 43.4 Å². The number of carbonyl (C=O) groups is 2. The van der Waals surface area contributed by atoms with Gasteiger partial charge in [-0.2, -0.15) is 4.31 Å². The Hall–Kier alpha value is -3.55. The minimum atomic E-state index is -5.58. The molecule has 2 aromatic heterocycles. The predicted molar refractivity (Wildman–Crippen MR) is 199 cm³/mol. The highest BCUT2D eigenvalue weighted by molar-refractivity contribution is 7.61. The smallest absolute Gasteiger partial charge is 0.434 e. The maximum Gasteiger partial charge on any atom is 0.490 e. The monoisotopic (exact) mass is 847 g/mol. The average molecular weight is 848 g/mol. The van der Waals surface area contributed by atoms with Crippen molar-refractivity contribution in [2.75, 3.05) is 6.61 Å². The van der Waals surface area contributed by atoms with E-state index >= 15 is 0 Å². The fraction of sp³-hybridized carbons (Fsp3) is 0.629. The maximum atomic E-state index is 14.3. The van der Waals surface area contributed by atoms with Crippen LogP contribution in [-0.4, -0.2) is 78.8 Å². The summed E-state index contributed by atoms with van der Waals surface area (Å²) in [7, 11) is -11.0. The van der Waals surface area contributed by atoms with Crippen molar-refractivity contribution in [2.45, 2.75) is 113 Å². The Balaban J connectivity index is 1.56.